The minimum Gasteiger partial charge on any atom is -0.402 e. The molecular weight excluding hydrogens is 374 g/mol. The van der Waals surface area contributed by atoms with Crippen molar-refractivity contribution in [3.63, 3.8) is 0 Å². The first-order valence-electron chi connectivity index (χ1n) is 7.71. The van der Waals surface area contributed by atoms with E-state index in [1.807, 2.05) is 30.3 Å². The Bertz CT molecular complexity index is 652. The molecule has 0 aromatic heterocycles. The van der Waals surface area contributed by atoms with Gasteiger partial charge in [0.1, 0.15) is 0 Å². The summed E-state index contributed by atoms with van der Waals surface area (Å²) >= 11 is 0. The quantitative estimate of drug-likeness (QED) is 0.160. The van der Waals surface area contributed by atoms with Gasteiger partial charge in [0, 0.05) is 12.6 Å². The molecule has 0 saturated carbocycles. The van der Waals surface area contributed by atoms with Gasteiger partial charge in [-0.25, -0.2) is 27.8 Å². The number of anilines is 1. The largest absolute Gasteiger partial charge is 0.631 e. The molecule has 0 amide bonds. The number of rotatable bonds is 4. The standard InChI is InChI=1S/C10H16N2.C6HF5.BH3O3/c1-2-3-9-12(11)10-7-5-4-6-8-10;7-2-1-3(8)5(10)6(11)4(2)9;2-1(3)4/h4-8H,2-3,9,11H2,1H3;1H;2-4H. The van der Waals surface area contributed by atoms with Crippen molar-refractivity contribution in [2.45, 2.75) is 19.8 Å². The maximum Gasteiger partial charge on any atom is 0.631 e. The zero-order valence-electron chi connectivity index (χ0n) is 14.4. The third kappa shape index (κ3) is 9.90. The van der Waals surface area contributed by atoms with Gasteiger partial charge in [0.05, 0.1) is 5.69 Å². The first-order chi connectivity index (χ1) is 12.6. The number of hydrogen-bond acceptors (Lipinski definition) is 5. The third-order valence-electron chi connectivity index (χ3n) is 2.90. The van der Waals surface area contributed by atoms with E-state index in [9.17, 15) is 22.0 Å². The normalized spacial score (nSPS) is 9.56. The van der Waals surface area contributed by atoms with Crippen LogP contribution in [0.2, 0.25) is 0 Å². The number of hydrazine groups is 1. The molecule has 5 N–H and O–H groups in total. The van der Waals surface area contributed by atoms with Crippen molar-refractivity contribution in [1.82, 2.24) is 0 Å². The molecule has 0 fully saturated rings. The fourth-order valence-corrected chi connectivity index (χ4v) is 1.62. The van der Waals surface area contributed by atoms with E-state index in [0.29, 0.717) is 0 Å². The fraction of sp³-hybridized carbons (Fsp3) is 0.250. The predicted molar refractivity (Wildman–Crippen MR) is 91.5 cm³/mol. The fourth-order valence-electron chi connectivity index (χ4n) is 1.62. The highest BCUT2D eigenvalue weighted by Gasteiger charge is 2.18. The molecule has 0 aliphatic heterocycles. The molecule has 150 valence electrons. The first-order valence-corrected chi connectivity index (χ1v) is 7.71. The van der Waals surface area contributed by atoms with Crippen LogP contribution in [0.1, 0.15) is 19.8 Å². The van der Waals surface area contributed by atoms with E-state index in [-0.39, 0.29) is 6.07 Å². The minimum atomic E-state index is -2.17. The third-order valence-corrected chi connectivity index (χ3v) is 2.90. The smallest absolute Gasteiger partial charge is 0.402 e. The SMILES string of the molecule is CCCCN(N)c1ccccc1.Fc1cc(F)c(F)c(F)c1F.OB(O)O. The van der Waals surface area contributed by atoms with Crippen molar-refractivity contribution in [1.29, 1.82) is 0 Å². The molecule has 27 heavy (non-hydrogen) atoms. The van der Waals surface area contributed by atoms with E-state index in [0.717, 1.165) is 18.7 Å². The topological polar surface area (TPSA) is 90.0 Å². The Morgan fingerprint density at radius 1 is 0.889 bits per heavy atom. The maximum absolute atomic E-state index is 12.0. The summed E-state index contributed by atoms with van der Waals surface area (Å²) < 4.78 is 60.0. The summed E-state index contributed by atoms with van der Waals surface area (Å²) in [5.41, 5.74) is 1.09. The highest BCUT2D eigenvalue weighted by Crippen LogP contribution is 2.16. The Labute approximate surface area is 153 Å². The number of benzene rings is 2. The molecule has 2 aromatic rings. The van der Waals surface area contributed by atoms with Gasteiger partial charge in [-0.05, 0) is 18.6 Å². The Morgan fingerprint density at radius 3 is 1.74 bits per heavy atom. The van der Waals surface area contributed by atoms with E-state index in [2.05, 4.69) is 6.92 Å². The van der Waals surface area contributed by atoms with Crippen molar-refractivity contribution in [3.8, 4) is 0 Å². The summed E-state index contributed by atoms with van der Waals surface area (Å²) in [6.07, 6.45) is 2.33. The van der Waals surface area contributed by atoms with Crippen LogP contribution in [-0.4, -0.2) is 28.9 Å². The Balaban J connectivity index is 0.000000421. The lowest BCUT2D eigenvalue weighted by atomic mass is 10.3. The second-order valence-corrected chi connectivity index (χ2v) is 5.01. The molecule has 0 radical (unpaired) electrons. The van der Waals surface area contributed by atoms with E-state index in [4.69, 9.17) is 20.9 Å². The van der Waals surface area contributed by atoms with Crippen molar-refractivity contribution in [2.75, 3.05) is 11.6 Å². The molecule has 2 rings (SSSR count). The molecule has 11 heteroatoms. The molecule has 0 atom stereocenters. The van der Waals surface area contributed by atoms with E-state index < -0.39 is 36.4 Å². The van der Waals surface area contributed by atoms with Gasteiger partial charge in [-0.1, -0.05) is 31.5 Å². The summed E-state index contributed by atoms with van der Waals surface area (Å²) in [5.74, 6) is -3.84. The summed E-state index contributed by atoms with van der Waals surface area (Å²) in [5, 5.41) is 23.3. The Hall–Kier alpha value is -2.21. The van der Waals surface area contributed by atoms with Crippen LogP contribution < -0.4 is 10.9 Å². The zero-order chi connectivity index (χ0) is 21.0. The summed E-state index contributed by atoms with van der Waals surface area (Å²) in [6.45, 7) is 3.10. The summed E-state index contributed by atoms with van der Waals surface area (Å²) in [6, 6.07) is 9.98. The summed E-state index contributed by atoms with van der Waals surface area (Å²) in [4.78, 5) is 0. The van der Waals surface area contributed by atoms with Crippen LogP contribution in [0.5, 0.6) is 0 Å². The van der Waals surface area contributed by atoms with Gasteiger partial charge in [-0.15, -0.1) is 0 Å². The van der Waals surface area contributed by atoms with Gasteiger partial charge >= 0.3 is 7.32 Å². The first kappa shape index (κ1) is 24.8. The molecule has 0 unspecified atom stereocenters. The van der Waals surface area contributed by atoms with Crippen LogP contribution in [0.4, 0.5) is 27.6 Å². The monoisotopic (exact) mass is 394 g/mol. The van der Waals surface area contributed by atoms with Crippen molar-refractivity contribution in [2.24, 2.45) is 5.84 Å². The van der Waals surface area contributed by atoms with Crippen LogP contribution in [0.15, 0.2) is 36.4 Å². The second kappa shape index (κ2) is 13.0. The van der Waals surface area contributed by atoms with E-state index in [1.165, 1.54) is 6.42 Å². The number of para-hydroxylation sites is 1. The minimum absolute atomic E-state index is 0.0618. The number of nitrogens with zero attached hydrogens (tertiary/aromatic N) is 1. The van der Waals surface area contributed by atoms with Crippen LogP contribution >= 0.6 is 0 Å². The second-order valence-electron chi connectivity index (χ2n) is 5.01. The zero-order valence-corrected chi connectivity index (χ0v) is 14.4. The van der Waals surface area contributed by atoms with Gasteiger partial charge in [0.25, 0.3) is 0 Å². The van der Waals surface area contributed by atoms with Gasteiger partial charge in [-0.3, -0.25) is 0 Å². The number of nitrogens with two attached hydrogens (primary N) is 1. The molecule has 0 saturated heterocycles. The lowest BCUT2D eigenvalue weighted by Gasteiger charge is -2.17. The lowest BCUT2D eigenvalue weighted by Crippen LogP contribution is -2.31. The van der Waals surface area contributed by atoms with Crippen molar-refractivity contribution >= 4 is 13.0 Å². The van der Waals surface area contributed by atoms with Gasteiger partial charge in [-0.2, -0.15) is 0 Å². The van der Waals surface area contributed by atoms with Crippen LogP contribution in [0.3, 0.4) is 0 Å². The Morgan fingerprint density at radius 2 is 1.33 bits per heavy atom. The van der Waals surface area contributed by atoms with Crippen LogP contribution in [0, 0.1) is 29.1 Å². The molecule has 0 bridgehead atoms. The van der Waals surface area contributed by atoms with Crippen molar-refractivity contribution in [3.05, 3.63) is 65.5 Å². The Kier molecular flexibility index (Phi) is 12.0. The predicted octanol–water partition coefficient (Wildman–Crippen LogP) is 2.50. The molecule has 0 aliphatic rings. The van der Waals surface area contributed by atoms with E-state index >= 15 is 0 Å². The maximum atomic E-state index is 12.0. The highest BCUT2D eigenvalue weighted by atomic mass is 19.2. The van der Waals surface area contributed by atoms with Gasteiger partial charge in [0.2, 0.25) is 5.82 Å². The van der Waals surface area contributed by atoms with Crippen molar-refractivity contribution < 1.29 is 37.0 Å². The van der Waals surface area contributed by atoms with Gasteiger partial charge < -0.3 is 20.1 Å². The molecule has 0 spiro atoms. The average molecular weight is 394 g/mol. The highest BCUT2D eigenvalue weighted by molar-refractivity contribution is 6.30. The molecule has 5 nitrogen and oxygen atoms in total. The van der Waals surface area contributed by atoms with Crippen LogP contribution in [0.25, 0.3) is 0 Å². The van der Waals surface area contributed by atoms with E-state index in [1.54, 1.807) is 5.01 Å². The molecule has 0 heterocycles. The molecule has 0 aliphatic carbocycles. The molecular formula is C16H20BF5N2O3. The van der Waals surface area contributed by atoms with Gasteiger partial charge in [0.15, 0.2) is 23.3 Å². The van der Waals surface area contributed by atoms with Crippen LogP contribution in [-0.2, 0) is 0 Å². The number of halogens is 5. The lowest BCUT2D eigenvalue weighted by molar-refractivity contribution is 0.278. The molecule has 2 aromatic carbocycles. The number of unbranched alkanes of at least 4 members (excludes halogenated alkanes) is 1. The number of hydrogen-bond donors (Lipinski definition) is 4. The summed E-state index contributed by atoms with van der Waals surface area (Å²) in [7, 11) is -2.17. The average Bonchev–Trinajstić information content (AvgIpc) is 2.63.